The lowest BCUT2D eigenvalue weighted by Gasteiger charge is -2.26. The molecule has 0 aliphatic heterocycles. The molecular formula is C24H25ClN2O3S. The first-order valence-electron chi connectivity index (χ1n) is 9.80. The van der Waals surface area contributed by atoms with E-state index in [4.69, 9.17) is 11.6 Å². The predicted octanol–water partition coefficient (Wildman–Crippen LogP) is 4.63. The minimum atomic E-state index is -3.71. The van der Waals surface area contributed by atoms with Crippen LogP contribution in [0.1, 0.15) is 28.3 Å². The highest BCUT2D eigenvalue weighted by Crippen LogP contribution is 2.28. The Labute approximate surface area is 188 Å². The van der Waals surface area contributed by atoms with Crippen LogP contribution in [-0.2, 0) is 14.8 Å². The van der Waals surface area contributed by atoms with E-state index in [-0.39, 0.29) is 6.54 Å². The van der Waals surface area contributed by atoms with Gasteiger partial charge in [0.1, 0.15) is 6.54 Å². The van der Waals surface area contributed by atoms with E-state index in [1.165, 1.54) is 0 Å². The smallest absolute Gasteiger partial charge is 0.241 e. The first kappa shape index (κ1) is 22.8. The van der Waals surface area contributed by atoms with Crippen LogP contribution < -0.4 is 9.62 Å². The third-order valence-electron chi connectivity index (χ3n) is 5.01. The zero-order valence-electron chi connectivity index (χ0n) is 17.7. The number of rotatable bonds is 7. The minimum Gasteiger partial charge on any atom is -0.344 e. The fraction of sp³-hybridized carbons (Fsp3) is 0.208. The number of amides is 1. The van der Waals surface area contributed by atoms with Crippen LogP contribution in [0.3, 0.4) is 0 Å². The number of sulfonamides is 1. The van der Waals surface area contributed by atoms with Crippen molar-refractivity contribution in [1.82, 2.24) is 5.32 Å². The molecule has 0 aliphatic carbocycles. The van der Waals surface area contributed by atoms with Gasteiger partial charge in [0.2, 0.25) is 15.9 Å². The Hall–Kier alpha value is -2.83. The van der Waals surface area contributed by atoms with Crippen LogP contribution in [0.15, 0.2) is 72.8 Å². The maximum Gasteiger partial charge on any atom is 0.241 e. The highest BCUT2D eigenvalue weighted by molar-refractivity contribution is 7.92. The molecule has 0 aliphatic rings. The number of benzene rings is 3. The number of anilines is 1. The van der Waals surface area contributed by atoms with Crippen LogP contribution in [0.25, 0.3) is 0 Å². The predicted molar refractivity (Wildman–Crippen MR) is 126 cm³/mol. The number of hydrogen-bond acceptors (Lipinski definition) is 3. The van der Waals surface area contributed by atoms with Gasteiger partial charge in [0.15, 0.2) is 0 Å². The van der Waals surface area contributed by atoms with Crippen molar-refractivity contribution in [3.8, 4) is 0 Å². The normalized spacial score (nSPS) is 12.3. The number of nitrogens with one attached hydrogen (secondary N) is 1. The molecule has 0 fully saturated rings. The lowest BCUT2D eigenvalue weighted by atomic mass is 9.97. The number of halogens is 1. The molecule has 3 rings (SSSR count). The molecule has 5 nitrogen and oxygen atoms in total. The van der Waals surface area contributed by atoms with Crippen molar-refractivity contribution < 1.29 is 13.2 Å². The van der Waals surface area contributed by atoms with E-state index in [9.17, 15) is 13.2 Å². The molecule has 0 heterocycles. The lowest BCUT2D eigenvalue weighted by molar-refractivity contribution is -0.120. The monoisotopic (exact) mass is 456 g/mol. The second-order valence-corrected chi connectivity index (χ2v) is 9.79. The third kappa shape index (κ3) is 5.66. The molecule has 3 aromatic rings. The Balaban J connectivity index is 1.93. The van der Waals surface area contributed by atoms with Crippen LogP contribution in [0.2, 0.25) is 5.02 Å². The maximum atomic E-state index is 13.1. The van der Waals surface area contributed by atoms with Crippen molar-refractivity contribution in [1.29, 1.82) is 0 Å². The molecule has 0 saturated heterocycles. The van der Waals surface area contributed by atoms with Gasteiger partial charge in [-0.15, -0.1) is 0 Å². The van der Waals surface area contributed by atoms with Gasteiger partial charge in [-0.2, -0.15) is 0 Å². The molecule has 162 valence electrons. The zero-order valence-corrected chi connectivity index (χ0v) is 19.2. The minimum absolute atomic E-state index is 0.352. The summed E-state index contributed by atoms with van der Waals surface area (Å²) in [6.45, 7) is 3.36. The van der Waals surface area contributed by atoms with E-state index in [1.807, 2.05) is 61.5 Å². The van der Waals surface area contributed by atoms with Gasteiger partial charge in [-0.1, -0.05) is 77.8 Å². The first-order chi connectivity index (χ1) is 14.7. The highest BCUT2D eigenvalue weighted by Gasteiger charge is 2.25. The topological polar surface area (TPSA) is 66.5 Å². The van der Waals surface area contributed by atoms with Crippen LogP contribution in [0, 0.1) is 13.8 Å². The zero-order chi connectivity index (χ0) is 22.6. The molecule has 3 aromatic carbocycles. The summed E-state index contributed by atoms with van der Waals surface area (Å²) in [5, 5.41) is 3.44. The van der Waals surface area contributed by atoms with E-state index in [0.29, 0.717) is 16.3 Å². The molecule has 0 spiro atoms. The summed E-state index contributed by atoms with van der Waals surface area (Å²) < 4.78 is 26.1. The molecule has 1 N–H and O–H groups in total. The number of carbonyl (C=O) groups is 1. The molecule has 0 radical (unpaired) electrons. The van der Waals surface area contributed by atoms with Gasteiger partial charge in [-0.25, -0.2) is 8.42 Å². The van der Waals surface area contributed by atoms with Gasteiger partial charge in [0.25, 0.3) is 0 Å². The number of hydrogen-bond donors (Lipinski definition) is 1. The summed E-state index contributed by atoms with van der Waals surface area (Å²) in [4.78, 5) is 13.1. The largest absolute Gasteiger partial charge is 0.344 e. The quantitative estimate of drug-likeness (QED) is 0.563. The molecule has 31 heavy (non-hydrogen) atoms. The molecule has 1 unspecified atom stereocenters. The Bertz CT molecular complexity index is 1180. The van der Waals surface area contributed by atoms with E-state index in [0.717, 1.165) is 27.3 Å². The van der Waals surface area contributed by atoms with Gasteiger partial charge < -0.3 is 5.32 Å². The summed E-state index contributed by atoms with van der Waals surface area (Å²) in [6.07, 6.45) is 1.08. The van der Waals surface area contributed by atoms with Crippen molar-refractivity contribution in [2.75, 3.05) is 17.1 Å². The van der Waals surface area contributed by atoms with Gasteiger partial charge in [0, 0.05) is 5.02 Å². The standard InChI is InChI=1S/C24H25ClN2O3S/c1-17-9-7-12-20(15-17)24(19-10-5-4-6-11-19)26-23(28)16-27(31(3,29)30)22-14-8-13-21(25)18(22)2/h4-15,24H,16H2,1-3H3,(H,26,28). The van der Waals surface area contributed by atoms with Crippen molar-refractivity contribution >= 4 is 33.2 Å². The fourth-order valence-electron chi connectivity index (χ4n) is 3.44. The second kappa shape index (κ2) is 9.54. The summed E-state index contributed by atoms with van der Waals surface area (Å²) in [5.41, 5.74) is 3.88. The maximum absolute atomic E-state index is 13.1. The van der Waals surface area contributed by atoms with E-state index < -0.39 is 22.0 Å². The van der Waals surface area contributed by atoms with E-state index in [1.54, 1.807) is 25.1 Å². The summed E-state index contributed by atoms with van der Waals surface area (Å²) in [6, 6.07) is 22.0. The molecule has 1 amide bonds. The van der Waals surface area contributed by atoms with Crippen molar-refractivity contribution in [3.05, 3.63) is 100 Å². The fourth-order valence-corrected chi connectivity index (χ4v) is 4.52. The molecule has 1 atom stereocenters. The number of nitrogens with zero attached hydrogens (tertiary/aromatic N) is 1. The van der Waals surface area contributed by atoms with Crippen LogP contribution >= 0.6 is 11.6 Å². The SMILES string of the molecule is Cc1cccc(C(NC(=O)CN(c2cccc(Cl)c2C)S(C)(=O)=O)c2ccccc2)c1. The van der Waals surface area contributed by atoms with Crippen molar-refractivity contribution in [2.24, 2.45) is 0 Å². The Kier molecular flexibility index (Phi) is 7.03. The molecule has 0 bridgehead atoms. The summed E-state index contributed by atoms with van der Waals surface area (Å²) in [5.74, 6) is -0.417. The molecule has 0 saturated carbocycles. The van der Waals surface area contributed by atoms with E-state index in [2.05, 4.69) is 5.32 Å². The summed E-state index contributed by atoms with van der Waals surface area (Å²) >= 11 is 6.18. The van der Waals surface area contributed by atoms with Crippen LogP contribution in [0.4, 0.5) is 5.69 Å². The molecule has 0 aromatic heterocycles. The first-order valence-corrected chi connectivity index (χ1v) is 12.0. The highest BCUT2D eigenvalue weighted by atomic mass is 35.5. The van der Waals surface area contributed by atoms with Crippen LogP contribution in [-0.4, -0.2) is 27.1 Å². The van der Waals surface area contributed by atoms with Gasteiger partial charge in [0.05, 0.1) is 18.0 Å². The molecule has 7 heteroatoms. The van der Waals surface area contributed by atoms with E-state index >= 15 is 0 Å². The number of carbonyl (C=O) groups excluding carboxylic acids is 1. The third-order valence-corrected chi connectivity index (χ3v) is 6.54. The second-order valence-electron chi connectivity index (χ2n) is 7.48. The summed E-state index contributed by atoms with van der Waals surface area (Å²) in [7, 11) is -3.71. The Morgan fingerprint density at radius 3 is 2.26 bits per heavy atom. The lowest BCUT2D eigenvalue weighted by Crippen LogP contribution is -2.42. The van der Waals surface area contributed by atoms with Crippen LogP contribution in [0.5, 0.6) is 0 Å². The number of aryl methyl sites for hydroxylation is 1. The average molecular weight is 457 g/mol. The molecular weight excluding hydrogens is 432 g/mol. The Morgan fingerprint density at radius 1 is 0.968 bits per heavy atom. The Morgan fingerprint density at radius 2 is 1.61 bits per heavy atom. The van der Waals surface area contributed by atoms with Crippen molar-refractivity contribution in [2.45, 2.75) is 19.9 Å². The van der Waals surface area contributed by atoms with Gasteiger partial charge in [-0.3, -0.25) is 9.10 Å². The van der Waals surface area contributed by atoms with Gasteiger partial charge in [-0.05, 0) is 42.7 Å². The average Bonchev–Trinajstić information content (AvgIpc) is 2.72. The van der Waals surface area contributed by atoms with Gasteiger partial charge >= 0.3 is 0 Å². The van der Waals surface area contributed by atoms with Crippen molar-refractivity contribution in [3.63, 3.8) is 0 Å².